The third-order valence-electron chi connectivity index (χ3n) is 2.26. The van der Waals surface area contributed by atoms with Gasteiger partial charge in [0, 0.05) is 5.69 Å². The van der Waals surface area contributed by atoms with Crippen LogP contribution in [0.15, 0.2) is 18.2 Å². The molecule has 0 aromatic heterocycles. The maximum atomic E-state index is 11.7. The standard InChI is InChI=1S/C13H19ClN2O4S/c1-5-21(18,19)16-11-8-9(6-7-10(11)14)15-12(17)20-13(2,3)4/h6-8,16H,5H2,1-4H3,(H,15,17). The molecule has 0 fully saturated rings. The number of hydrogen-bond donors (Lipinski definition) is 2. The molecule has 0 radical (unpaired) electrons. The average Bonchev–Trinajstić information content (AvgIpc) is 2.30. The SMILES string of the molecule is CCS(=O)(=O)Nc1cc(NC(=O)OC(C)(C)C)ccc1Cl. The zero-order chi connectivity index (χ0) is 16.3. The lowest BCUT2D eigenvalue weighted by atomic mass is 10.2. The number of amides is 1. The van der Waals surface area contributed by atoms with E-state index in [1.165, 1.54) is 19.1 Å². The Morgan fingerprint density at radius 1 is 1.33 bits per heavy atom. The van der Waals surface area contributed by atoms with Crippen LogP contribution in [0.1, 0.15) is 27.7 Å². The van der Waals surface area contributed by atoms with Crippen LogP contribution in [0.4, 0.5) is 16.2 Å². The summed E-state index contributed by atoms with van der Waals surface area (Å²) in [6.07, 6.45) is -0.630. The van der Waals surface area contributed by atoms with Crippen molar-refractivity contribution in [3.8, 4) is 0 Å². The van der Waals surface area contributed by atoms with Gasteiger partial charge in [0.1, 0.15) is 5.60 Å². The lowest BCUT2D eigenvalue weighted by Gasteiger charge is -2.20. The fourth-order valence-electron chi connectivity index (χ4n) is 1.34. The third-order valence-corrected chi connectivity index (χ3v) is 3.88. The van der Waals surface area contributed by atoms with Crippen molar-refractivity contribution in [3.05, 3.63) is 23.2 Å². The highest BCUT2D eigenvalue weighted by Crippen LogP contribution is 2.26. The Morgan fingerprint density at radius 2 is 1.95 bits per heavy atom. The highest BCUT2D eigenvalue weighted by Gasteiger charge is 2.17. The van der Waals surface area contributed by atoms with Gasteiger partial charge in [-0.3, -0.25) is 10.0 Å². The van der Waals surface area contributed by atoms with Crippen LogP contribution >= 0.6 is 11.6 Å². The van der Waals surface area contributed by atoms with Gasteiger partial charge in [-0.2, -0.15) is 0 Å². The maximum absolute atomic E-state index is 11.7. The minimum absolute atomic E-state index is 0.0763. The molecular formula is C13H19ClN2O4S. The van der Waals surface area contributed by atoms with Crippen LogP contribution in [0.25, 0.3) is 0 Å². The van der Waals surface area contributed by atoms with E-state index in [1.54, 1.807) is 26.8 Å². The first-order chi connectivity index (χ1) is 9.52. The molecular weight excluding hydrogens is 316 g/mol. The summed E-state index contributed by atoms with van der Waals surface area (Å²) in [5.74, 6) is -0.0763. The Kier molecular flexibility index (Phi) is 5.47. The number of hydrogen-bond acceptors (Lipinski definition) is 4. The summed E-state index contributed by atoms with van der Waals surface area (Å²) in [5, 5.41) is 2.75. The highest BCUT2D eigenvalue weighted by molar-refractivity contribution is 7.92. The van der Waals surface area contributed by atoms with E-state index in [0.29, 0.717) is 5.69 Å². The van der Waals surface area contributed by atoms with Gasteiger partial charge in [-0.25, -0.2) is 13.2 Å². The van der Waals surface area contributed by atoms with E-state index in [4.69, 9.17) is 16.3 Å². The normalized spacial score (nSPS) is 11.9. The molecule has 0 spiro atoms. The molecule has 1 aromatic carbocycles. The molecule has 118 valence electrons. The second-order valence-electron chi connectivity index (χ2n) is 5.33. The van der Waals surface area contributed by atoms with Gasteiger partial charge in [0.05, 0.1) is 16.5 Å². The average molecular weight is 335 g/mol. The number of benzene rings is 1. The Morgan fingerprint density at radius 3 is 2.48 bits per heavy atom. The van der Waals surface area contributed by atoms with Crippen molar-refractivity contribution in [1.29, 1.82) is 0 Å². The van der Waals surface area contributed by atoms with Gasteiger partial charge in [-0.1, -0.05) is 11.6 Å². The molecule has 1 amide bonds. The van der Waals surface area contributed by atoms with Crippen LogP contribution in [0.3, 0.4) is 0 Å². The first-order valence-electron chi connectivity index (χ1n) is 6.32. The molecule has 0 atom stereocenters. The first-order valence-corrected chi connectivity index (χ1v) is 8.35. The molecule has 0 unspecified atom stereocenters. The summed E-state index contributed by atoms with van der Waals surface area (Å²) >= 11 is 5.93. The molecule has 0 bridgehead atoms. The van der Waals surface area contributed by atoms with E-state index in [2.05, 4.69) is 10.0 Å². The number of sulfonamides is 1. The highest BCUT2D eigenvalue weighted by atomic mass is 35.5. The van der Waals surface area contributed by atoms with E-state index < -0.39 is 21.7 Å². The van der Waals surface area contributed by atoms with Gasteiger partial charge in [0.15, 0.2) is 0 Å². The van der Waals surface area contributed by atoms with E-state index in [1.807, 2.05) is 0 Å². The zero-order valence-electron chi connectivity index (χ0n) is 12.4. The Hall–Kier alpha value is -1.47. The lowest BCUT2D eigenvalue weighted by Crippen LogP contribution is -2.27. The van der Waals surface area contributed by atoms with E-state index >= 15 is 0 Å². The van der Waals surface area contributed by atoms with Crippen molar-refractivity contribution in [1.82, 2.24) is 0 Å². The van der Waals surface area contributed by atoms with Gasteiger partial charge in [0.25, 0.3) is 0 Å². The quantitative estimate of drug-likeness (QED) is 0.883. The summed E-state index contributed by atoms with van der Waals surface area (Å²) in [5.41, 5.74) is -0.0436. The van der Waals surface area contributed by atoms with Crippen LogP contribution in [-0.4, -0.2) is 25.9 Å². The molecule has 0 aliphatic heterocycles. The minimum atomic E-state index is -3.45. The van der Waals surface area contributed by atoms with Crippen molar-refractivity contribution in [2.45, 2.75) is 33.3 Å². The smallest absolute Gasteiger partial charge is 0.412 e. The van der Waals surface area contributed by atoms with Crippen LogP contribution < -0.4 is 10.0 Å². The number of ether oxygens (including phenoxy) is 1. The van der Waals surface area contributed by atoms with E-state index in [9.17, 15) is 13.2 Å². The van der Waals surface area contributed by atoms with Crippen molar-refractivity contribution in [3.63, 3.8) is 0 Å². The molecule has 0 aliphatic rings. The summed E-state index contributed by atoms with van der Waals surface area (Å²) in [6, 6.07) is 4.47. The fraction of sp³-hybridized carbons (Fsp3) is 0.462. The number of rotatable bonds is 4. The molecule has 1 aromatic rings. The largest absolute Gasteiger partial charge is 0.444 e. The molecule has 0 saturated carbocycles. The second-order valence-corrected chi connectivity index (χ2v) is 7.75. The van der Waals surface area contributed by atoms with Crippen molar-refractivity contribution < 1.29 is 17.9 Å². The Balaban J connectivity index is 2.90. The van der Waals surface area contributed by atoms with Crippen molar-refractivity contribution in [2.75, 3.05) is 15.8 Å². The van der Waals surface area contributed by atoms with Crippen LogP contribution in [0.2, 0.25) is 5.02 Å². The number of nitrogens with one attached hydrogen (secondary N) is 2. The molecule has 0 saturated heterocycles. The van der Waals surface area contributed by atoms with Gasteiger partial charge in [-0.15, -0.1) is 0 Å². The van der Waals surface area contributed by atoms with E-state index in [-0.39, 0.29) is 16.5 Å². The second kappa shape index (κ2) is 6.53. The maximum Gasteiger partial charge on any atom is 0.412 e. The molecule has 8 heteroatoms. The number of anilines is 2. The van der Waals surface area contributed by atoms with Crippen LogP contribution in [-0.2, 0) is 14.8 Å². The van der Waals surface area contributed by atoms with Crippen molar-refractivity contribution in [2.24, 2.45) is 0 Å². The van der Waals surface area contributed by atoms with Gasteiger partial charge >= 0.3 is 6.09 Å². The summed E-state index contributed by atoms with van der Waals surface area (Å²) in [4.78, 5) is 11.7. The molecule has 21 heavy (non-hydrogen) atoms. The zero-order valence-corrected chi connectivity index (χ0v) is 13.9. The molecule has 0 aliphatic carbocycles. The van der Waals surface area contributed by atoms with Gasteiger partial charge in [-0.05, 0) is 45.9 Å². The van der Waals surface area contributed by atoms with Crippen molar-refractivity contribution >= 4 is 39.1 Å². The fourth-order valence-corrected chi connectivity index (χ4v) is 2.21. The predicted octanol–water partition coefficient (Wildman–Crippen LogP) is 3.45. The van der Waals surface area contributed by atoms with Crippen LogP contribution in [0, 0.1) is 0 Å². The molecule has 2 N–H and O–H groups in total. The van der Waals surface area contributed by atoms with Crippen LogP contribution in [0.5, 0.6) is 0 Å². The minimum Gasteiger partial charge on any atom is -0.444 e. The Bertz CT molecular complexity index is 624. The number of halogens is 1. The first kappa shape index (κ1) is 17.6. The summed E-state index contributed by atoms with van der Waals surface area (Å²) < 4.78 is 30.6. The van der Waals surface area contributed by atoms with Gasteiger partial charge in [0.2, 0.25) is 10.0 Å². The topological polar surface area (TPSA) is 84.5 Å². The third kappa shape index (κ3) is 6.22. The van der Waals surface area contributed by atoms with Gasteiger partial charge < -0.3 is 4.74 Å². The number of carbonyl (C=O) groups excluding carboxylic acids is 1. The Labute approximate surface area is 129 Å². The summed E-state index contributed by atoms with van der Waals surface area (Å²) in [7, 11) is -3.45. The molecule has 0 heterocycles. The molecule has 1 rings (SSSR count). The lowest BCUT2D eigenvalue weighted by molar-refractivity contribution is 0.0636. The monoisotopic (exact) mass is 334 g/mol. The molecule has 6 nitrogen and oxygen atoms in total. The predicted molar refractivity (Wildman–Crippen MR) is 84.4 cm³/mol. The van der Waals surface area contributed by atoms with E-state index in [0.717, 1.165) is 0 Å². The number of carbonyl (C=O) groups is 1. The summed E-state index contributed by atoms with van der Waals surface area (Å²) in [6.45, 7) is 6.75.